The lowest BCUT2D eigenvalue weighted by Crippen LogP contribution is -2.44. The highest BCUT2D eigenvalue weighted by molar-refractivity contribution is 6.42. The van der Waals surface area contributed by atoms with Crippen LogP contribution in [0.4, 0.5) is 0 Å². The fourth-order valence-electron chi connectivity index (χ4n) is 2.97. The standard InChI is InChI=1S/C18H21Cl2N3O5/c19-11-4-3-10(8-12(11)20)2-1-6-22-17(27)15-13(9-21)23(7-5-14(24)25)18(28)16(15)26/h3-4,8,13,26H,1-2,5-7,9,21H2,(H,22,27)(H,24,25). The van der Waals surface area contributed by atoms with E-state index in [0.717, 1.165) is 10.5 Å². The van der Waals surface area contributed by atoms with Gasteiger partial charge in [-0.05, 0) is 30.5 Å². The van der Waals surface area contributed by atoms with Gasteiger partial charge in [0.25, 0.3) is 11.8 Å². The van der Waals surface area contributed by atoms with Crippen LogP contribution in [0.15, 0.2) is 29.5 Å². The van der Waals surface area contributed by atoms with Crippen LogP contribution in [0.2, 0.25) is 10.0 Å². The van der Waals surface area contributed by atoms with E-state index in [4.69, 9.17) is 34.0 Å². The van der Waals surface area contributed by atoms with E-state index in [1.54, 1.807) is 12.1 Å². The van der Waals surface area contributed by atoms with E-state index >= 15 is 0 Å². The van der Waals surface area contributed by atoms with Crippen molar-refractivity contribution in [1.82, 2.24) is 10.2 Å². The van der Waals surface area contributed by atoms with E-state index in [1.165, 1.54) is 0 Å². The van der Waals surface area contributed by atoms with Crippen molar-refractivity contribution in [2.45, 2.75) is 25.3 Å². The monoisotopic (exact) mass is 429 g/mol. The molecule has 0 saturated carbocycles. The fourth-order valence-corrected chi connectivity index (χ4v) is 3.29. The van der Waals surface area contributed by atoms with Crippen LogP contribution in [0.25, 0.3) is 0 Å². The van der Waals surface area contributed by atoms with Crippen molar-refractivity contribution in [3.05, 3.63) is 45.1 Å². The third kappa shape index (κ3) is 5.15. The Morgan fingerprint density at radius 1 is 1.25 bits per heavy atom. The number of carbonyl (C=O) groups excluding carboxylic acids is 2. The van der Waals surface area contributed by atoms with Crippen molar-refractivity contribution in [3.63, 3.8) is 0 Å². The van der Waals surface area contributed by atoms with Gasteiger partial charge in [-0.2, -0.15) is 0 Å². The molecule has 0 bridgehead atoms. The van der Waals surface area contributed by atoms with E-state index < -0.39 is 29.6 Å². The van der Waals surface area contributed by atoms with Crippen molar-refractivity contribution in [3.8, 4) is 0 Å². The molecule has 1 heterocycles. The average Bonchev–Trinajstić information content (AvgIpc) is 2.90. The van der Waals surface area contributed by atoms with Gasteiger partial charge in [-0.3, -0.25) is 14.4 Å². The normalized spacial score (nSPS) is 16.6. The first-order chi connectivity index (χ1) is 13.3. The number of aliphatic hydroxyl groups is 1. The van der Waals surface area contributed by atoms with E-state index in [2.05, 4.69) is 5.32 Å². The molecule has 1 unspecified atom stereocenters. The van der Waals surface area contributed by atoms with Crippen molar-refractivity contribution in [2.24, 2.45) is 5.73 Å². The number of hydrogen-bond donors (Lipinski definition) is 4. The van der Waals surface area contributed by atoms with Crippen LogP contribution < -0.4 is 11.1 Å². The van der Waals surface area contributed by atoms with Crippen molar-refractivity contribution >= 4 is 41.0 Å². The summed E-state index contributed by atoms with van der Waals surface area (Å²) in [6, 6.07) is 4.43. The van der Waals surface area contributed by atoms with Gasteiger partial charge in [-0.1, -0.05) is 29.3 Å². The second-order valence-corrected chi connectivity index (χ2v) is 7.08. The number of halogens is 2. The number of rotatable bonds is 9. The van der Waals surface area contributed by atoms with Gasteiger partial charge in [0, 0.05) is 19.6 Å². The average molecular weight is 430 g/mol. The van der Waals surface area contributed by atoms with Gasteiger partial charge in [0.1, 0.15) is 0 Å². The minimum atomic E-state index is -1.09. The summed E-state index contributed by atoms with van der Waals surface area (Å²) in [5.74, 6) is -3.18. The molecule has 0 radical (unpaired) electrons. The molecule has 10 heteroatoms. The number of benzene rings is 1. The van der Waals surface area contributed by atoms with E-state index in [9.17, 15) is 19.5 Å². The lowest BCUT2D eigenvalue weighted by Gasteiger charge is -2.24. The summed E-state index contributed by atoms with van der Waals surface area (Å²) in [4.78, 5) is 36.4. The molecule has 5 N–H and O–H groups in total. The second kappa shape index (κ2) is 9.77. The molecule has 152 valence electrons. The Bertz CT molecular complexity index is 812. The van der Waals surface area contributed by atoms with Crippen LogP contribution in [-0.4, -0.2) is 58.6 Å². The smallest absolute Gasteiger partial charge is 0.305 e. The summed E-state index contributed by atoms with van der Waals surface area (Å²) >= 11 is 11.8. The molecular weight excluding hydrogens is 409 g/mol. The van der Waals surface area contributed by atoms with Crippen LogP contribution in [0.3, 0.4) is 0 Å². The molecule has 28 heavy (non-hydrogen) atoms. The molecule has 8 nitrogen and oxygen atoms in total. The maximum atomic E-state index is 12.4. The molecule has 1 aromatic rings. The fraction of sp³-hybridized carbons (Fsp3) is 0.389. The van der Waals surface area contributed by atoms with Crippen molar-refractivity contribution < 1.29 is 24.6 Å². The molecular formula is C18H21Cl2N3O5. The number of aryl methyl sites for hydroxylation is 1. The number of nitrogens with zero attached hydrogens (tertiary/aromatic N) is 1. The molecule has 0 saturated heterocycles. The van der Waals surface area contributed by atoms with Gasteiger partial charge in [-0.25, -0.2) is 0 Å². The number of aliphatic carboxylic acids is 1. The van der Waals surface area contributed by atoms with Gasteiger partial charge in [-0.15, -0.1) is 0 Å². The number of hydrogen-bond acceptors (Lipinski definition) is 5. The highest BCUT2D eigenvalue weighted by Gasteiger charge is 2.41. The van der Waals surface area contributed by atoms with Crippen LogP contribution in [0, 0.1) is 0 Å². The Balaban J connectivity index is 1.93. The van der Waals surface area contributed by atoms with Gasteiger partial charge in [0.15, 0.2) is 5.76 Å². The molecule has 0 fully saturated rings. The molecule has 0 aliphatic carbocycles. The van der Waals surface area contributed by atoms with E-state index in [1.807, 2.05) is 6.07 Å². The van der Waals surface area contributed by atoms with Crippen LogP contribution in [-0.2, 0) is 20.8 Å². The Labute approximate surface area is 171 Å². The molecule has 1 aromatic carbocycles. The van der Waals surface area contributed by atoms with Gasteiger partial charge in [0.05, 0.1) is 28.1 Å². The summed E-state index contributed by atoms with van der Waals surface area (Å²) in [6.07, 6.45) is 0.933. The zero-order valence-corrected chi connectivity index (χ0v) is 16.5. The van der Waals surface area contributed by atoms with Crippen LogP contribution in [0.1, 0.15) is 18.4 Å². The van der Waals surface area contributed by atoms with E-state index in [0.29, 0.717) is 29.4 Å². The van der Waals surface area contributed by atoms with Crippen molar-refractivity contribution in [1.29, 1.82) is 0 Å². The minimum absolute atomic E-state index is 0.110. The third-order valence-electron chi connectivity index (χ3n) is 4.37. The number of aliphatic hydroxyl groups excluding tert-OH is 1. The Kier molecular flexibility index (Phi) is 7.68. The van der Waals surface area contributed by atoms with Gasteiger partial charge < -0.3 is 26.2 Å². The summed E-state index contributed by atoms with van der Waals surface area (Å²) in [5, 5.41) is 22.4. The predicted molar refractivity (Wildman–Crippen MR) is 104 cm³/mol. The Morgan fingerprint density at radius 3 is 2.57 bits per heavy atom. The summed E-state index contributed by atoms with van der Waals surface area (Å²) in [7, 11) is 0. The Morgan fingerprint density at radius 2 is 1.96 bits per heavy atom. The summed E-state index contributed by atoms with van der Waals surface area (Å²) in [6.45, 7) is 0.0477. The van der Waals surface area contributed by atoms with E-state index in [-0.39, 0.29) is 25.1 Å². The maximum Gasteiger partial charge on any atom is 0.305 e. The SMILES string of the molecule is NCC1C(C(=O)NCCCc2ccc(Cl)c(Cl)c2)=C(O)C(=O)N1CCC(=O)O. The van der Waals surface area contributed by atoms with Crippen molar-refractivity contribution in [2.75, 3.05) is 19.6 Å². The molecule has 1 atom stereocenters. The number of carboxylic acid groups (broad SMARTS) is 1. The molecule has 2 rings (SSSR count). The summed E-state index contributed by atoms with van der Waals surface area (Å²) in [5.41, 5.74) is 6.48. The maximum absolute atomic E-state index is 12.4. The van der Waals surface area contributed by atoms with Gasteiger partial charge >= 0.3 is 5.97 Å². The largest absolute Gasteiger partial charge is 0.503 e. The van der Waals surface area contributed by atoms with Crippen LogP contribution in [0.5, 0.6) is 0 Å². The highest BCUT2D eigenvalue weighted by atomic mass is 35.5. The highest BCUT2D eigenvalue weighted by Crippen LogP contribution is 2.25. The summed E-state index contributed by atoms with van der Waals surface area (Å²) < 4.78 is 0. The molecule has 2 amide bonds. The van der Waals surface area contributed by atoms with Crippen LogP contribution >= 0.6 is 23.2 Å². The lowest BCUT2D eigenvalue weighted by atomic mass is 10.1. The number of nitrogens with one attached hydrogen (secondary N) is 1. The topological polar surface area (TPSA) is 133 Å². The number of amides is 2. The quantitative estimate of drug-likeness (QED) is 0.439. The number of carboxylic acids is 1. The van der Waals surface area contributed by atoms with Gasteiger partial charge in [0.2, 0.25) is 0 Å². The first-order valence-corrected chi connectivity index (χ1v) is 9.40. The molecule has 1 aliphatic rings. The third-order valence-corrected chi connectivity index (χ3v) is 5.11. The number of carbonyl (C=O) groups is 3. The molecule has 0 aromatic heterocycles. The lowest BCUT2D eigenvalue weighted by molar-refractivity contribution is -0.138. The second-order valence-electron chi connectivity index (χ2n) is 6.26. The molecule has 1 aliphatic heterocycles. The number of nitrogens with two attached hydrogens (primary N) is 1. The zero-order chi connectivity index (χ0) is 20.8. The zero-order valence-electron chi connectivity index (χ0n) is 15.0. The first kappa shape index (κ1) is 22.0. The molecule has 0 spiro atoms. The first-order valence-electron chi connectivity index (χ1n) is 8.64. The Hall–Kier alpha value is -2.29. The minimum Gasteiger partial charge on any atom is -0.503 e. The predicted octanol–water partition coefficient (Wildman–Crippen LogP) is 1.50.